The van der Waals surface area contributed by atoms with Gasteiger partial charge in [0.25, 0.3) is 0 Å². The summed E-state index contributed by atoms with van der Waals surface area (Å²) in [5, 5.41) is 8.46. The van der Waals surface area contributed by atoms with Crippen molar-refractivity contribution >= 4 is 11.9 Å². The van der Waals surface area contributed by atoms with Gasteiger partial charge < -0.3 is 9.84 Å². The molecule has 0 aliphatic heterocycles. The Balaban J connectivity index is 3.19. The Labute approximate surface area is 160 Å². The van der Waals surface area contributed by atoms with E-state index in [0.717, 1.165) is 6.42 Å². The Morgan fingerprint density at radius 3 is 1.73 bits per heavy atom. The fourth-order valence-corrected chi connectivity index (χ4v) is 2.89. The molecule has 0 heterocycles. The lowest BCUT2D eigenvalue weighted by Crippen LogP contribution is -2.07. The van der Waals surface area contributed by atoms with Gasteiger partial charge in [-0.2, -0.15) is 0 Å². The molecule has 0 aliphatic rings. The first kappa shape index (κ1) is 24.7. The number of ether oxygens (including phenoxy) is 1. The molecule has 0 fully saturated rings. The predicted octanol–water partition coefficient (Wildman–Crippen LogP) is 6.43. The summed E-state index contributed by atoms with van der Waals surface area (Å²) in [6.45, 7) is 2.51. The molecule has 152 valence electrons. The zero-order valence-corrected chi connectivity index (χ0v) is 16.8. The van der Waals surface area contributed by atoms with E-state index >= 15 is 0 Å². The van der Waals surface area contributed by atoms with E-state index < -0.39 is 11.9 Å². The maximum absolute atomic E-state index is 11.2. The van der Waals surface area contributed by atoms with Crippen LogP contribution in [0, 0.1) is 0 Å². The van der Waals surface area contributed by atoms with Crippen LogP contribution in [0.25, 0.3) is 0 Å². The van der Waals surface area contributed by atoms with Crippen molar-refractivity contribution in [1.29, 1.82) is 0 Å². The lowest BCUT2D eigenvalue weighted by molar-refractivity contribution is -0.146. The summed E-state index contributed by atoms with van der Waals surface area (Å²) in [6.07, 6.45) is 22.4. The highest BCUT2D eigenvalue weighted by molar-refractivity contribution is 5.76. The normalized spacial score (nSPS) is 11.1. The number of unbranched alkanes of at least 4 members (excludes halogenated alkanes) is 13. The lowest BCUT2D eigenvalue weighted by Gasteiger charge is -2.02. The molecule has 0 unspecified atom stereocenters. The van der Waals surface area contributed by atoms with Crippen LogP contribution in [-0.2, 0) is 14.3 Å². The number of allylic oxidation sites excluding steroid dienone is 1. The molecular weight excluding hydrogens is 328 g/mol. The molecule has 1 N–H and O–H groups in total. The maximum atomic E-state index is 11.2. The number of carbonyl (C=O) groups excluding carboxylic acids is 1. The zero-order valence-electron chi connectivity index (χ0n) is 16.8. The minimum absolute atomic E-state index is 0.0535. The summed E-state index contributed by atoms with van der Waals surface area (Å²) < 4.78 is 4.92. The van der Waals surface area contributed by atoms with Gasteiger partial charge in [-0.05, 0) is 12.8 Å². The maximum Gasteiger partial charge on any atom is 0.306 e. The van der Waals surface area contributed by atoms with Gasteiger partial charge in [0.15, 0.2) is 0 Å². The molecule has 0 aromatic heterocycles. The topological polar surface area (TPSA) is 63.6 Å². The van der Waals surface area contributed by atoms with Crippen LogP contribution in [0.15, 0.2) is 12.2 Å². The summed E-state index contributed by atoms with van der Waals surface area (Å²) in [5.74, 6) is -1.42. The van der Waals surface area contributed by atoms with Crippen LogP contribution in [-0.4, -0.2) is 23.7 Å². The number of carboxylic acid groups (broad SMARTS) is 1. The first-order valence-corrected chi connectivity index (χ1v) is 10.7. The molecule has 0 amide bonds. The second-order valence-corrected chi connectivity index (χ2v) is 7.08. The van der Waals surface area contributed by atoms with Crippen molar-refractivity contribution in [2.24, 2.45) is 0 Å². The minimum Gasteiger partial charge on any atom is -0.481 e. The summed E-state index contributed by atoms with van der Waals surface area (Å²) in [7, 11) is 0. The number of hydrogen-bond acceptors (Lipinski definition) is 3. The van der Waals surface area contributed by atoms with Gasteiger partial charge in [0.2, 0.25) is 0 Å². The van der Waals surface area contributed by atoms with Crippen molar-refractivity contribution in [2.45, 2.75) is 110 Å². The molecule has 0 aromatic carbocycles. The van der Waals surface area contributed by atoms with Gasteiger partial charge in [-0.1, -0.05) is 96.1 Å². The molecule has 0 saturated carbocycles. The third-order valence-corrected chi connectivity index (χ3v) is 4.52. The fourth-order valence-electron chi connectivity index (χ4n) is 2.89. The van der Waals surface area contributed by atoms with Gasteiger partial charge in [0.05, 0.1) is 12.8 Å². The van der Waals surface area contributed by atoms with E-state index in [2.05, 4.69) is 6.92 Å². The Hall–Kier alpha value is -1.32. The van der Waals surface area contributed by atoms with Crippen molar-refractivity contribution < 1.29 is 19.4 Å². The van der Waals surface area contributed by atoms with E-state index in [9.17, 15) is 9.59 Å². The molecule has 0 aromatic rings. The van der Waals surface area contributed by atoms with Gasteiger partial charge in [-0.15, -0.1) is 0 Å². The molecule has 0 radical (unpaired) electrons. The molecule has 0 spiro atoms. The molecule has 0 saturated heterocycles. The van der Waals surface area contributed by atoms with Gasteiger partial charge in [0.1, 0.15) is 6.61 Å². The number of esters is 1. The molecule has 0 atom stereocenters. The predicted molar refractivity (Wildman–Crippen MR) is 107 cm³/mol. The fraction of sp³-hybridized carbons (Fsp3) is 0.818. The SMILES string of the molecule is CCCCCCCCCCCCCCCC=CCOC(=O)CCC(=O)O. The van der Waals surface area contributed by atoms with E-state index in [1.54, 1.807) is 0 Å². The largest absolute Gasteiger partial charge is 0.481 e. The number of carboxylic acids is 1. The van der Waals surface area contributed by atoms with Crippen LogP contribution in [0.4, 0.5) is 0 Å². The summed E-state index contributed by atoms with van der Waals surface area (Å²) in [5.41, 5.74) is 0. The van der Waals surface area contributed by atoms with Gasteiger partial charge in [-0.3, -0.25) is 9.59 Å². The number of rotatable bonds is 19. The zero-order chi connectivity index (χ0) is 19.3. The van der Waals surface area contributed by atoms with Crippen LogP contribution in [0.3, 0.4) is 0 Å². The van der Waals surface area contributed by atoms with Gasteiger partial charge in [0, 0.05) is 0 Å². The molecule has 0 aliphatic carbocycles. The first-order chi connectivity index (χ1) is 12.7. The quantitative estimate of drug-likeness (QED) is 0.162. The third kappa shape index (κ3) is 20.7. The van der Waals surface area contributed by atoms with Crippen LogP contribution < -0.4 is 0 Å². The molecule has 0 bridgehead atoms. The average molecular weight is 369 g/mol. The number of aliphatic carboxylic acids is 1. The minimum atomic E-state index is -0.972. The van der Waals surface area contributed by atoms with E-state index in [4.69, 9.17) is 9.84 Å². The average Bonchev–Trinajstić information content (AvgIpc) is 2.62. The van der Waals surface area contributed by atoms with Gasteiger partial charge >= 0.3 is 11.9 Å². The van der Waals surface area contributed by atoms with Crippen molar-refractivity contribution in [3.05, 3.63) is 12.2 Å². The molecule has 26 heavy (non-hydrogen) atoms. The van der Waals surface area contributed by atoms with Gasteiger partial charge in [-0.25, -0.2) is 0 Å². The summed E-state index contributed by atoms with van der Waals surface area (Å²) >= 11 is 0. The van der Waals surface area contributed by atoms with Crippen LogP contribution in [0.2, 0.25) is 0 Å². The Morgan fingerprint density at radius 2 is 1.23 bits per heavy atom. The van der Waals surface area contributed by atoms with Crippen molar-refractivity contribution in [3.63, 3.8) is 0 Å². The van der Waals surface area contributed by atoms with Crippen LogP contribution >= 0.6 is 0 Å². The highest BCUT2D eigenvalue weighted by atomic mass is 16.5. The molecule has 4 nitrogen and oxygen atoms in total. The molecule has 0 rings (SSSR count). The van der Waals surface area contributed by atoms with Crippen LogP contribution in [0.5, 0.6) is 0 Å². The van der Waals surface area contributed by atoms with E-state index in [1.807, 2.05) is 12.2 Å². The Bertz CT molecular complexity index is 363. The molecule has 4 heteroatoms. The van der Waals surface area contributed by atoms with Crippen molar-refractivity contribution in [2.75, 3.05) is 6.61 Å². The Morgan fingerprint density at radius 1 is 0.731 bits per heavy atom. The smallest absolute Gasteiger partial charge is 0.306 e. The van der Waals surface area contributed by atoms with Crippen molar-refractivity contribution in [1.82, 2.24) is 0 Å². The van der Waals surface area contributed by atoms with Crippen LogP contribution in [0.1, 0.15) is 110 Å². The highest BCUT2D eigenvalue weighted by Crippen LogP contribution is 2.13. The number of hydrogen-bond donors (Lipinski definition) is 1. The second kappa shape index (κ2) is 20.0. The van der Waals surface area contributed by atoms with E-state index in [1.165, 1.54) is 83.5 Å². The summed E-state index contributed by atoms with van der Waals surface area (Å²) in [4.78, 5) is 21.5. The van der Waals surface area contributed by atoms with E-state index in [0.29, 0.717) is 0 Å². The lowest BCUT2D eigenvalue weighted by atomic mass is 10.0. The monoisotopic (exact) mass is 368 g/mol. The number of carbonyl (C=O) groups is 2. The third-order valence-electron chi connectivity index (χ3n) is 4.52. The van der Waals surface area contributed by atoms with E-state index in [-0.39, 0.29) is 19.4 Å². The standard InChI is InChI=1S/C22H40O4/c1-2-3-4-5-6-7-8-9-10-11-12-13-14-15-16-17-20-26-22(25)19-18-21(23)24/h16-17H,2-15,18-20H2,1H3,(H,23,24). The first-order valence-electron chi connectivity index (χ1n) is 10.7. The van der Waals surface area contributed by atoms with Crippen molar-refractivity contribution in [3.8, 4) is 0 Å². The second-order valence-electron chi connectivity index (χ2n) is 7.08. The highest BCUT2D eigenvalue weighted by Gasteiger charge is 2.04. The summed E-state index contributed by atoms with van der Waals surface area (Å²) in [6, 6.07) is 0. The Kier molecular flexibility index (Phi) is 19.0. The molecular formula is C22H40O4.